The normalized spacial score (nSPS) is 10.1. The lowest BCUT2D eigenvalue weighted by atomic mass is 10.1. The summed E-state index contributed by atoms with van der Waals surface area (Å²) in [5.41, 5.74) is 2.43. The Morgan fingerprint density at radius 2 is 1.83 bits per heavy atom. The van der Waals surface area contributed by atoms with E-state index in [0.29, 0.717) is 0 Å². The second-order valence-corrected chi connectivity index (χ2v) is 4.43. The molecule has 1 heterocycles. The number of hydrogen-bond acceptors (Lipinski definition) is 3. The summed E-state index contributed by atoms with van der Waals surface area (Å²) in [6.45, 7) is 0.913. The molecule has 0 bridgehead atoms. The number of rotatable bonds is 5. The molecule has 1 aromatic carbocycles. The zero-order chi connectivity index (χ0) is 12.8. The van der Waals surface area contributed by atoms with Crippen LogP contribution < -0.4 is 10.2 Å². The van der Waals surface area contributed by atoms with Gasteiger partial charge in [0.05, 0.1) is 5.69 Å². The van der Waals surface area contributed by atoms with Crippen molar-refractivity contribution in [2.75, 3.05) is 30.9 Å². The highest BCUT2D eigenvalue weighted by atomic mass is 15.2. The third-order valence-electron chi connectivity index (χ3n) is 2.78. The second-order valence-electron chi connectivity index (χ2n) is 4.43. The summed E-state index contributed by atoms with van der Waals surface area (Å²) in [7, 11) is 4.01. The van der Waals surface area contributed by atoms with Crippen LogP contribution in [0.3, 0.4) is 0 Å². The summed E-state index contributed by atoms with van der Waals surface area (Å²) >= 11 is 0. The first kappa shape index (κ1) is 12.4. The molecule has 3 heteroatoms. The number of anilines is 2. The summed E-state index contributed by atoms with van der Waals surface area (Å²) in [6, 6.07) is 14.5. The molecule has 0 radical (unpaired) electrons. The highest BCUT2D eigenvalue weighted by Gasteiger charge is 2.03. The number of aromatic nitrogens is 1. The van der Waals surface area contributed by atoms with Crippen molar-refractivity contribution in [3.8, 4) is 0 Å². The van der Waals surface area contributed by atoms with Crippen molar-refractivity contribution in [1.82, 2.24) is 4.98 Å². The largest absolute Gasteiger partial charge is 0.382 e. The number of benzene rings is 1. The Hall–Kier alpha value is -2.03. The lowest BCUT2D eigenvalue weighted by Gasteiger charge is -2.16. The number of hydrogen-bond donors (Lipinski definition) is 1. The summed E-state index contributed by atoms with van der Waals surface area (Å²) in [5, 5.41) is 3.44. The maximum absolute atomic E-state index is 4.37. The predicted molar refractivity (Wildman–Crippen MR) is 77.2 cm³/mol. The summed E-state index contributed by atoms with van der Waals surface area (Å²) in [6.07, 6.45) is 2.83. The van der Waals surface area contributed by atoms with Crippen LogP contribution in [0, 0.1) is 0 Å². The van der Waals surface area contributed by atoms with Crippen LogP contribution in [0.15, 0.2) is 48.7 Å². The van der Waals surface area contributed by atoms with Gasteiger partial charge in [0.15, 0.2) is 5.82 Å². The zero-order valence-corrected chi connectivity index (χ0v) is 10.9. The van der Waals surface area contributed by atoms with E-state index in [-0.39, 0.29) is 0 Å². The van der Waals surface area contributed by atoms with Gasteiger partial charge in [0.1, 0.15) is 0 Å². The van der Waals surface area contributed by atoms with E-state index in [1.54, 1.807) is 0 Å². The highest BCUT2D eigenvalue weighted by Crippen LogP contribution is 2.20. The van der Waals surface area contributed by atoms with E-state index in [9.17, 15) is 0 Å². The average Bonchev–Trinajstić information content (AvgIpc) is 2.40. The van der Waals surface area contributed by atoms with Crippen molar-refractivity contribution < 1.29 is 0 Å². The fraction of sp³-hybridized carbons (Fsp3) is 0.267. The van der Waals surface area contributed by atoms with Gasteiger partial charge in [-0.1, -0.05) is 30.3 Å². The van der Waals surface area contributed by atoms with Gasteiger partial charge < -0.3 is 10.2 Å². The molecule has 0 aliphatic rings. The van der Waals surface area contributed by atoms with E-state index >= 15 is 0 Å². The quantitative estimate of drug-likeness (QED) is 0.872. The Morgan fingerprint density at radius 3 is 2.56 bits per heavy atom. The molecule has 0 atom stereocenters. The minimum atomic E-state index is 0.913. The van der Waals surface area contributed by atoms with Crippen LogP contribution in [0.4, 0.5) is 11.5 Å². The molecule has 0 saturated heterocycles. The first-order valence-corrected chi connectivity index (χ1v) is 6.17. The average molecular weight is 241 g/mol. The first-order chi connectivity index (χ1) is 8.77. The van der Waals surface area contributed by atoms with Gasteiger partial charge in [-0.3, -0.25) is 0 Å². The minimum Gasteiger partial charge on any atom is -0.382 e. The van der Waals surface area contributed by atoms with Crippen LogP contribution >= 0.6 is 0 Å². The van der Waals surface area contributed by atoms with Crippen LogP contribution in [0.2, 0.25) is 0 Å². The van der Waals surface area contributed by atoms with E-state index in [0.717, 1.165) is 24.5 Å². The van der Waals surface area contributed by atoms with Crippen molar-refractivity contribution in [2.24, 2.45) is 0 Å². The Kier molecular flexibility index (Phi) is 4.18. The third-order valence-corrected chi connectivity index (χ3v) is 2.78. The van der Waals surface area contributed by atoms with E-state index in [4.69, 9.17) is 0 Å². The van der Waals surface area contributed by atoms with Crippen LogP contribution in [-0.2, 0) is 6.42 Å². The third kappa shape index (κ3) is 3.23. The maximum Gasteiger partial charge on any atom is 0.151 e. The first-order valence-electron chi connectivity index (χ1n) is 6.17. The molecular formula is C15H19N3. The number of nitrogens with zero attached hydrogens (tertiary/aromatic N) is 2. The second kappa shape index (κ2) is 6.05. The Morgan fingerprint density at radius 1 is 1.06 bits per heavy atom. The van der Waals surface area contributed by atoms with Crippen LogP contribution in [-0.4, -0.2) is 25.6 Å². The zero-order valence-electron chi connectivity index (χ0n) is 10.9. The maximum atomic E-state index is 4.37. The van der Waals surface area contributed by atoms with E-state index in [2.05, 4.69) is 40.6 Å². The summed E-state index contributed by atoms with van der Waals surface area (Å²) in [5.74, 6) is 0.977. The lowest BCUT2D eigenvalue weighted by Crippen LogP contribution is -2.14. The molecule has 18 heavy (non-hydrogen) atoms. The van der Waals surface area contributed by atoms with Crippen molar-refractivity contribution in [1.29, 1.82) is 0 Å². The number of pyridine rings is 1. The standard InChI is InChI=1S/C15H19N3/c1-18(2)15-14(9-6-11-17-15)16-12-10-13-7-4-3-5-8-13/h3-9,11,16H,10,12H2,1-2H3. The SMILES string of the molecule is CN(C)c1ncccc1NCCc1ccccc1. The molecule has 0 spiro atoms. The van der Waals surface area contributed by atoms with Gasteiger partial charge in [-0.15, -0.1) is 0 Å². The summed E-state index contributed by atoms with van der Waals surface area (Å²) in [4.78, 5) is 6.39. The van der Waals surface area contributed by atoms with Crippen molar-refractivity contribution in [3.05, 3.63) is 54.2 Å². The summed E-state index contributed by atoms with van der Waals surface area (Å²) < 4.78 is 0. The molecule has 1 aromatic heterocycles. The smallest absolute Gasteiger partial charge is 0.151 e. The van der Waals surface area contributed by atoms with E-state index in [1.807, 2.05) is 37.3 Å². The van der Waals surface area contributed by atoms with E-state index in [1.165, 1.54) is 5.56 Å². The number of nitrogens with one attached hydrogen (secondary N) is 1. The topological polar surface area (TPSA) is 28.2 Å². The highest BCUT2D eigenvalue weighted by molar-refractivity contribution is 5.64. The van der Waals surface area contributed by atoms with Gasteiger partial charge in [-0.25, -0.2) is 4.98 Å². The molecule has 0 saturated carbocycles. The molecule has 1 N–H and O–H groups in total. The molecule has 0 fully saturated rings. The van der Waals surface area contributed by atoms with Crippen molar-refractivity contribution >= 4 is 11.5 Å². The van der Waals surface area contributed by atoms with Crippen LogP contribution in [0.1, 0.15) is 5.56 Å². The molecule has 0 aliphatic heterocycles. The minimum absolute atomic E-state index is 0.913. The molecule has 0 unspecified atom stereocenters. The molecule has 0 aliphatic carbocycles. The van der Waals surface area contributed by atoms with Gasteiger partial charge in [0.25, 0.3) is 0 Å². The Bertz CT molecular complexity index is 480. The Labute approximate surface area is 108 Å². The molecule has 3 nitrogen and oxygen atoms in total. The molecule has 0 amide bonds. The lowest BCUT2D eigenvalue weighted by molar-refractivity contribution is 1.00. The van der Waals surface area contributed by atoms with Gasteiger partial charge in [0, 0.05) is 26.8 Å². The fourth-order valence-electron chi connectivity index (χ4n) is 1.88. The monoisotopic (exact) mass is 241 g/mol. The van der Waals surface area contributed by atoms with Crippen molar-refractivity contribution in [3.63, 3.8) is 0 Å². The van der Waals surface area contributed by atoms with Gasteiger partial charge in [-0.05, 0) is 24.1 Å². The molecular weight excluding hydrogens is 222 g/mol. The molecule has 2 rings (SSSR count). The van der Waals surface area contributed by atoms with Gasteiger partial charge in [-0.2, -0.15) is 0 Å². The molecule has 94 valence electrons. The Balaban J connectivity index is 1.94. The van der Waals surface area contributed by atoms with Gasteiger partial charge >= 0.3 is 0 Å². The van der Waals surface area contributed by atoms with Gasteiger partial charge in [0.2, 0.25) is 0 Å². The van der Waals surface area contributed by atoms with Crippen LogP contribution in [0.5, 0.6) is 0 Å². The van der Waals surface area contributed by atoms with Crippen LogP contribution in [0.25, 0.3) is 0 Å². The predicted octanol–water partition coefficient (Wildman–Crippen LogP) is 2.80. The fourth-order valence-corrected chi connectivity index (χ4v) is 1.88. The van der Waals surface area contributed by atoms with Crippen molar-refractivity contribution in [2.45, 2.75) is 6.42 Å². The van der Waals surface area contributed by atoms with E-state index < -0.39 is 0 Å². The molecule has 2 aromatic rings.